The number of halogens is 1. The Morgan fingerprint density at radius 3 is 2.43 bits per heavy atom. The third-order valence-electron chi connectivity index (χ3n) is 6.80. The van der Waals surface area contributed by atoms with E-state index in [-0.39, 0.29) is 10.9 Å². The standard InChI is InChI=1S/C22H27FN2O3/c1-2-24-14-16(21(27)28)20(26)15-12-17(23)19(13-18(15)24)25-10-8-22(9-11-25)6-4-3-5-7-22/h12-14H,2-11H2,1H3,(H,27,28). The molecule has 0 unspecified atom stereocenters. The van der Waals surface area contributed by atoms with Crippen molar-refractivity contribution in [2.24, 2.45) is 5.41 Å². The zero-order chi connectivity index (χ0) is 19.9. The van der Waals surface area contributed by atoms with Crippen LogP contribution < -0.4 is 10.3 Å². The van der Waals surface area contributed by atoms with Gasteiger partial charge in [0.15, 0.2) is 0 Å². The zero-order valence-electron chi connectivity index (χ0n) is 16.3. The molecule has 0 bridgehead atoms. The minimum Gasteiger partial charge on any atom is -0.477 e. The Labute approximate surface area is 163 Å². The Morgan fingerprint density at radius 1 is 1.14 bits per heavy atom. The predicted molar refractivity (Wildman–Crippen MR) is 108 cm³/mol. The topological polar surface area (TPSA) is 62.5 Å². The van der Waals surface area contributed by atoms with E-state index in [1.165, 1.54) is 44.4 Å². The van der Waals surface area contributed by atoms with Crippen LogP contribution in [-0.2, 0) is 6.54 Å². The fraction of sp³-hybridized carbons (Fsp3) is 0.545. The van der Waals surface area contributed by atoms with Gasteiger partial charge in [-0.3, -0.25) is 4.79 Å². The molecular weight excluding hydrogens is 359 g/mol. The number of rotatable bonds is 3. The molecule has 6 heteroatoms. The zero-order valence-corrected chi connectivity index (χ0v) is 16.3. The smallest absolute Gasteiger partial charge is 0.341 e. The van der Waals surface area contributed by atoms with Crippen LogP contribution in [0.15, 0.2) is 23.1 Å². The molecule has 1 aromatic heterocycles. The van der Waals surface area contributed by atoms with E-state index in [1.807, 2.05) is 6.92 Å². The third kappa shape index (κ3) is 3.19. The first-order chi connectivity index (χ1) is 13.4. The van der Waals surface area contributed by atoms with Crippen LogP contribution >= 0.6 is 0 Å². The molecule has 0 atom stereocenters. The molecule has 1 aromatic carbocycles. The van der Waals surface area contributed by atoms with Crippen LogP contribution in [0.3, 0.4) is 0 Å². The minimum absolute atomic E-state index is 0.128. The monoisotopic (exact) mass is 386 g/mol. The summed E-state index contributed by atoms with van der Waals surface area (Å²) >= 11 is 0. The van der Waals surface area contributed by atoms with E-state index < -0.39 is 17.2 Å². The molecule has 4 rings (SSSR count). The molecule has 1 saturated carbocycles. The molecule has 2 aliphatic rings. The van der Waals surface area contributed by atoms with E-state index in [9.17, 15) is 19.1 Å². The Hall–Kier alpha value is -2.37. The lowest BCUT2D eigenvalue weighted by atomic mass is 9.68. The number of fused-ring (bicyclic) bond motifs is 1. The number of piperidine rings is 1. The molecule has 0 radical (unpaired) electrons. The number of aromatic carboxylic acids is 1. The van der Waals surface area contributed by atoms with E-state index in [0.29, 0.717) is 23.2 Å². The molecule has 1 aliphatic heterocycles. The molecule has 1 saturated heterocycles. The van der Waals surface area contributed by atoms with Crippen molar-refractivity contribution in [3.05, 3.63) is 39.9 Å². The van der Waals surface area contributed by atoms with Gasteiger partial charge in [-0.2, -0.15) is 0 Å². The van der Waals surface area contributed by atoms with Gasteiger partial charge in [0.1, 0.15) is 11.4 Å². The van der Waals surface area contributed by atoms with Gasteiger partial charge in [0, 0.05) is 31.2 Å². The van der Waals surface area contributed by atoms with E-state index in [0.717, 1.165) is 25.9 Å². The first kappa shape index (κ1) is 19.0. The van der Waals surface area contributed by atoms with Crippen molar-refractivity contribution in [2.45, 2.75) is 58.4 Å². The number of aromatic nitrogens is 1. The molecule has 1 N–H and O–H groups in total. The lowest BCUT2D eigenvalue weighted by Gasteiger charge is -2.45. The van der Waals surface area contributed by atoms with Gasteiger partial charge in [-0.25, -0.2) is 9.18 Å². The van der Waals surface area contributed by atoms with Crippen molar-refractivity contribution in [1.29, 1.82) is 0 Å². The first-order valence-electron chi connectivity index (χ1n) is 10.3. The van der Waals surface area contributed by atoms with Crippen molar-refractivity contribution in [3.8, 4) is 0 Å². The molecule has 28 heavy (non-hydrogen) atoms. The molecule has 1 aliphatic carbocycles. The van der Waals surface area contributed by atoms with Crippen LogP contribution in [0.25, 0.3) is 10.9 Å². The Kier molecular flexibility index (Phi) is 4.89. The highest BCUT2D eigenvalue weighted by Gasteiger charge is 2.36. The van der Waals surface area contributed by atoms with Crippen molar-refractivity contribution >= 4 is 22.6 Å². The summed E-state index contributed by atoms with van der Waals surface area (Å²) in [7, 11) is 0. The summed E-state index contributed by atoms with van der Waals surface area (Å²) in [4.78, 5) is 26.0. The summed E-state index contributed by atoms with van der Waals surface area (Å²) < 4.78 is 16.7. The number of aryl methyl sites for hydroxylation is 1. The van der Waals surface area contributed by atoms with Crippen LogP contribution in [0.5, 0.6) is 0 Å². The van der Waals surface area contributed by atoms with Crippen molar-refractivity contribution in [1.82, 2.24) is 4.57 Å². The van der Waals surface area contributed by atoms with Crippen LogP contribution in [0.1, 0.15) is 62.2 Å². The average Bonchev–Trinajstić information content (AvgIpc) is 2.69. The number of hydrogen-bond donors (Lipinski definition) is 1. The number of carboxylic acids is 1. The number of nitrogens with zero attached hydrogens (tertiary/aromatic N) is 2. The lowest BCUT2D eigenvalue weighted by molar-refractivity contribution is 0.0695. The fourth-order valence-corrected chi connectivity index (χ4v) is 5.08. The van der Waals surface area contributed by atoms with Gasteiger partial charge in [0.2, 0.25) is 5.43 Å². The second-order valence-corrected chi connectivity index (χ2v) is 8.33. The predicted octanol–water partition coefficient (Wildman–Crippen LogP) is 4.41. The number of hydrogen-bond acceptors (Lipinski definition) is 3. The first-order valence-corrected chi connectivity index (χ1v) is 10.3. The Bertz CT molecular complexity index is 966. The van der Waals surface area contributed by atoms with Gasteiger partial charge >= 0.3 is 5.97 Å². The molecule has 5 nitrogen and oxygen atoms in total. The highest BCUT2D eigenvalue weighted by atomic mass is 19.1. The van der Waals surface area contributed by atoms with Gasteiger partial charge < -0.3 is 14.6 Å². The second-order valence-electron chi connectivity index (χ2n) is 8.33. The molecule has 150 valence electrons. The van der Waals surface area contributed by atoms with Crippen LogP contribution in [0.2, 0.25) is 0 Å². The molecule has 2 heterocycles. The highest BCUT2D eigenvalue weighted by Crippen LogP contribution is 2.45. The largest absolute Gasteiger partial charge is 0.477 e. The van der Waals surface area contributed by atoms with Gasteiger partial charge in [0.25, 0.3) is 0 Å². The van der Waals surface area contributed by atoms with Gasteiger partial charge in [-0.05, 0) is 50.2 Å². The summed E-state index contributed by atoms with van der Waals surface area (Å²) in [5, 5.41) is 9.41. The molecule has 2 fully saturated rings. The quantitative estimate of drug-likeness (QED) is 0.849. The van der Waals surface area contributed by atoms with E-state index in [4.69, 9.17) is 0 Å². The van der Waals surface area contributed by atoms with Crippen LogP contribution in [-0.4, -0.2) is 28.7 Å². The summed E-state index contributed by atoms with van der Waals surface area (Å²) in [6.45, 7) is 4.04. The summed E-state index contributed by atoms with van der Waals surface area (Å²) in [6.07, 6.45) is 10.0. The number of anilines is 1. The maximum absolute atomic E-state index is 14.9. The number of carboxylic acid groups (broad SMARTS) is 1. The average molecular weight is 386 g/mol. The normalized spacial score (nSPS) is 19.3. The maximum Gasteiger partial charge on any atom is 0.341 e. The number of benzene rings is 1. The number of carbonyl (C=O) groups is 1. The Morgan fingerprint density at radius 2 is 1.82 bits per heavy atom. The van der Waals surface area contributed by atoms with Crippen molar-refractivity contribution in [3.63, 3.8) is 0 Å². The summed E-state index contributed by atoms with van der Waals surface area (Å²) in [6, 6.07) is 2.94. The molecule has 2 aromatic rings. The van der Waals surface area contributed by atoms with E-state index >= 15 is 0 Å². The van der Waals surface area contributed by atoms with Gasteiger partial charge in [-0.1, -0.05) is 19.3 Å². The number of pyridine rings is 1. The minimum atomic E-state index is -1.28. The van der Waals surface area contributed by atoms with Gasteiger partial charge in [-0.15, -0.1) is 0 Å². The Balaban J connectivity index is 1.71. The highest BCUT2D eigenvalue weighted by molar-refractivity contribution is 5.93. The lowest BCUT2D eigenvalue weighted by Crippen LogP contribution is -2.41. The molecule has 1 spiro atoms. The summed E-state index contributed by atoms with van der Waals surface area (Å²) in [5.41, 5.74) is 0.593. The van der Waals surface area contributed by atoms with Crippen LogP contribution in [0.4, 0.5) is 10.1 Å². The molecule has 0 amide bonds. The van der Waals surface area contributed by atoms with E-state index in [1.54, 1.807) is 10.6 Å². The fourth-order valence-electron chi connectivity index (χ4n) is 5.08. The summed E-state index contributed by atoms with van der Waals surface area (Å²) in [5.74, 6) is -1.73. The molecular formula is C22H27FN2O3. The van der Waals surface area contributed by atoms with E-state index in [2.05, 4.69) is 4.90 Å². The maximum atomic E-state index is 14.9. The van der Waals surface area contributed by atoms with Gasteiger partial charge in [0.05, 0.1) is 11.2 Å². The van der Waals surface area contributed by atoms with Crippen LogP contribution in [0, 0.1) is 11.2 Å². The van der Waals surface area contributed by atoms with Crippen molar-refractivity contribution in [2.75, 3.05) is 18.0 Å². The SMILES string of the molecule is CCn1cc(C(=O)O)c(=O)c2cc(F)c(N3CCC4(CCCCC4)CC3)cc21. The third-order valence-corrected chi connectivity index (χ3v) is 6.80. The second kappa shape index (κ2) is 7.22. The van der Waals surface area contributed by atoms with Crippen molar-refractivity contribution < 1.29 is 14.3 Å².